The lowest BCUT2D eigenvalue weighted by Crippen LogP contribution is -2.18. The second-order valence-corrected chi connectivity index (χ2v) is 3.15. The Balaban J connectivity index is 4.98. The molecule has 1 N–H and O–H groups in total. The molecule has 0 rings (SSSR count). The number of esters is 2. The summed E-state index contributed by atoms with van der Waals surface area (Å²) in [5.41, 5.74) is -0.242. The van der Waals surface area contributed by atoms with E-state index in [0.717, 1.165) is 0 Å². The third-order valence-corrected chi connectivity index (χ3v) is 1.66. The van der Waals surface area contributed by atoms with Gasteiger partial charge in [-0.25, -0.2) is 14.4 Å². The van der Waals surface area contributed by atoms with Crippen LogP contribution in [0.25, 0.3) is 0 Å². The van der Waals surface area contributed by atoms with Gasteiger partial charge >= 0.3 is 17.9 Å². The summed E-state index contributed by atoms with van der Waals surface area (Å²) in [6.07, 6.45) is 0. The molecule has 0 saturated heterocycles. The number of aliphatic carboxylic acids is 1. The fourth-order valence-electron chi connectivity index (χ4n) is 0.815. The molecule has 0 spiro atoms. The summed E-state index contributed by atoms with van der Waals surface area (Å²) in [4.78, 5) is 33.2. The van der Waals surface area contributed by atoms with Crippen LogP contribution in [0.4, 0.5) is 0 Å². The first-order chi connectivity index (χ1) is 7.81. The number of hydrogen-bond donors (Lipinski definition) is 1. The third kappa shape index (κ3) is 4.50. The summed E-state index contributed by atoms with van der Waals surface area (Å²) in [6.45, 7) is 7.52. The molecule has 0 saturated carbocycles. The monoisotopic (exact) mass is 242 g/mol. The molecule has 0 aromatic heterocycles. The first kappa shape index (κ1) is 14.9. The average Bonchev–Trinajstić information content (AvgIpc) is 2.24. The van der Waals surface area contributed by atoms with Crippen molar-refractivity contribution in [3.63, 3.8) is 0 Å². The molecule has 0 atom stereocenters. The van der Waals surface area contributed by atoms with Gasteiger partial charge in [0.05, 0.1) is 12.2 Å². The van der Waals surface area contributed by atoms with Crippen molar-refractivity contribution in [3.05, 3.63) is 23.5 Å². The highest BCUT2D eigenvalue weighted by Gasteiger charge is 2.21. The molecule has 6 nitrogen and oxygen atoms in total. The molecule has 94 valence electrons. The maximum Gasteiger partial charge on any atom is 0.371 e. The largest absolute Gasteiger partial charge is 0.486 e. The second kappa shape index (κ2) is 6.47. The van der Waals surface area contributed by atoms with Gasteiger partial charge in [-0.1, -0.05) is 6.58 Å². The fourth-order valence-corrected chi connectivity index (χ4v) is 0.815. The summed E-state index contributed by atoms with van der Waals surface area (Å²) in [5, 5.41) is 8.77. The van der Waals surface area contributed by atoms with E-state index in [9.17, 15) is 14.4 Å². The predicted octanol–water partition coefficient (Wildman–Crippen LogP) is 1.03. The van der Waals surface area contributed by atoms with Crippen LogP contribution < -0.4 is 0 Å². The second-order valence-electron chi connectivity index (χ2n) is 3.15. The highest BCUT2D eigenvalue weighted by molar-refractivity contribution is 6.04. The van der Waals surface area contributed by atoms with Crippen molar-refractivity contribution in [2.75, 3.05) is 6.61 Å². The Hall–Kier alpha value is -2.11. The first-order valence-electron chi connectivity index (χ1n) is 4.80. The SMILES string of the molecule is C=C(C)C(=O)OC(=O)C(C)=C(OCC)C(=O)O. The predicted molar refractivity (Wildman–Crippen MR) is 57.9 cm³/mol. The minimum Gasteiger partial charge on any atom is -0.486 e. The Bertz CT molecular complexity index is 391. The summed E-state index contributed by atoms with van der Waals surface area (Å²) >= 11 is 0. The van der Waals surface area contributed by atoms with Crippen molar-refractivity contribution in [2.45, 2.75) is 20.8 Å². The van der Waals surface area contributed by atoms with E-state index in [1.54, 1.807) is 6.92 Å². The zero-order valence-electron chi connectivity index (χ0n) is 9.90. The van der Waals surface area contributed by atoms with Crippen molar-refractivity contribution < 1.29 is 29.0 Å². The molecule has 0 amide bonds. The van der Waals surface area contributed by atoms with E-state index in [-0.39, 0.29) is 17.8 Å². The van der Waals surface area contributed by atoms with Crippen LogP contribution in [0.3, 0.4) is 0 Å². The number of rotatable bonds is 5. The molecular formula is C11H14O6. The molecule has 0 bridgehead atoms. The number of carboxylic acids is 1. The zero-order chi connectivity index (χ0) is 13.6. The summed E-state index contributed by atoms with van der Waals surface area (Å²) in [7, 11) is 0. The van der Waals surface area contributed by atoms with Crippen LogP contribution in [0.1, 0.15) is 20.8 Å². The topological polar surface area (TPSA) is 89.9 Å². The van der Waals surface area contributed by atoms with E-state index < -0.39 is 23.7 Å². The van der Waals surface area contributed by atoms with Gasteiger partial charge in [-0.15, -0.1) is 0 Å². The summed E-state index contributed by atoms with van der Waals surface area (Å²) in [6, 6.07) is 0. The molecule has 0 heterocycles. The van der Waals surface area contributed by atoms with Crippen LogP contribution in [0.15, 0.2) is 23.5 Å². The highest BCUT2D eigenvalue weighted by Crippen LogP contribution is 2.09. The Morgan fingerprint density at radius 1 is 1.18 bits per heavy atom. The zero-order valence-corrected chi connectivity index (χ0v) is 9.90. The van der Waals surface area contributed by atoms with E-state index in [2.05, 4.69) is 11.3 Å². The van der Waals surface area contributed by atoms with Crippen LogP contribution in [0.2, 0.25) is 0 Å². The van der Waals surface area contributed by atoms with Crippen molar-refractivity contribution in [3.8, 4) is 0 Å². The van der Waals surface area contributed by atoms with Gasteiger partial charge in [-0.3, -0.25) is 0 Å². The van der Waals surface area contributed by atoms with Crippen molar-refractivity contribution in [2.24, 2.45) is 0 Å². The molecule has 0 aliphatic rings. The Labute approximate surface area is 98.5 Å². The molecule has 0 aromatic rings. The number of ether oxygens (including phenoxy) is 2. The van der Waals surface area contributed by atoms with Crippen molar-refractivity contribution in [1.29, 1.82) is 0 Å². The van der Waals surface area contributed by atoms with E-state index in [1.165, 1.54) is 13.8 Å². The van der Waals surface area contributed by atoms with Gasteiger partial charge < -0.3 is 14.6 Å². The smallest absolute Gasteiger partial charge is 0.371 e. The van der Waals surface area contributed by atoms with E-state index >= 15 is 0 Å². The van der Waals surface area contributed by atoms with E-state index in [4.69, 9.17) is 9.84 Å². The van der Waals surface area contributed by atoms with Gasteiger partial charge in [-0.2, -0.15) is 0 Å². The van der Waals surface area contributed by atoms with Crippen LogP contribution in [-0.2, 0) is 23.9 Å². The summed E-state index contributed by atoms with van der Waals surface area (Å²) < 4.78 is 9.15. The lowest BCUT2D eigenvalue weighted by molar-refractivity contribution is -0.154. The Kier molecular flexibility index (Phi) is 5.66. The fraction of sp³-hybridized carbons (Fsp3) is 0.364. The molecule has 0 radical (unpaired) electrons. The number of carbonyl (C=O) groups excluding carboxylic acids is 2. The van der Waals surface area contributed by atoms with Crippen LogP contribution in [0, 0.1) is 0 Å². The lowest BCUT2D eigenvalue weighted by Gasteiger charge is -2.07. The normalized spacial score (nSPS) is 11.2. The maximum absolute atomic E-state index is 11.4. The first-order valence-corrected chi connectivity index (χ1v) is 4.80. The molecule has 17 heavy (non-hydrogen) atoms. The molecule has 6 heteroatoms. The molecule has 0 aliphatic heterocycles. The lowest BCUT2D eigenvalue weighted by atomic mass is 10.2. The van der Waals surface area contributed by atoms with Gasteiger partial charge in [-0.05, 0) is 20.8 Å². The number of carbonyl (C=O) groups is 3. The van der Waals surface area contributed by atoms with Crippen LogP contribution in [0.5, 0.6) is 0 Å². The van der Waals surface area contributed by atoms with Gasteiger partial charge in [0.1, 0.15) is 0 Å². The van der Waals surface area contributed by atoms with Crippen molar-refractivity contribution in [1.82, 2.24) is 0 Å². The van der Waals surface area contributed by atoms with Gasteiger partial charge in [0.15, 0.2) is 0 Å². The molecule has 0 unspecified atom stereocenters. The summed E-state index contributed by atoms with van der Waals surface area (Å²) in [5.74, 6) is -3.91. The standard InChI is InChI=1S/C11H14O6/c1-5-16-8(9(12)13)7(4)11(15)17-10(14)6(2)3/h2,5H2,1,3-4H3,(H,12,13). The van der Waals surface area contributed by atoms with Gasteiger partial charge in [0, 0.05) is 5.57 Å². The molecular weight excluding hydrogens is 228 g/mol. The molecule has 0 fully saturated rings. The van der Waals surface area contributed by atoms with E-state index in [0.29, 0.717) is 0 Å². The van der Waals surface area contributed by atoms with Crippen molar-refractivity contribution >= 4 is 17.9 Å². The van der Waals surface area contributed by atoms with E-state index in [1.807, 2.05) is 0 Å². The number of hydrogen-bond acceptors (Lipinski definition) is 5. The Morgan fingerprint density at radius 2 is 1.71 bits per heavy atom. The minimum absolute atomic E-state index is 0.0411. The van der Waals surface area contributed by atoms with Gasteiger partial charge in [0.25, 0.3) is 0 Å². The minimum atomic E-state index is -1.40. The molecule has 0 aliphatic carbocycles. The van der Waals surface area contributed by atoms with Crippen LogP contribution in [-0.4, -0.2) is 29.6 Å². The Morgan fingerprint density at radius 3 is 2.06 bits per heavy atom. The van der Waals surface area contributed by atoms with Crippen LogP contribution >= 0.6 is 0 Å². The molecule has 0 aromatic carbocycles. The third-order valence-electron chi connectivity index (χ3n) is 1.66. The van der Waals surface area contributed by atoms with Gasteiger partial charge in [0.2, 0.25) is 5.76 Å². The average molecular weight is 242 g/mol. The number of carboxylic acid groups (broad SMARTS) is 1. The highest BCUT2D eigenvalue weighted by atomic mass is 16.6. The quantitative estimate of drug-likeness (QED) is 0.335. The maximum atomic E-state index is 11.4.